The molecular weight excluding hydrogens is 238 g/mol. The molecule has 0 aromatic heterocycles. The Morgan fingerprint density at radius 1 is 0.789 bits per heavy atom. The Morgan fingerprint density at radius 3 is 1.63 bits per heavy atom. The van der Waals surface area contributed by atoms with Gasteiger partial charge in [-0.05, 0) is 49.2 Å². The molecule has 2 aromatic carbocycles. The third kappa shape index (κ3) is 4.54. The van der Waals surface area contributed by atoms with Crippen LogP contribution in [-0.4, -0.2) is 24.3 Å². The molecule has 19 heavy (non-hydrogen) atoms. The Kier molecular flexibility index (Phi) is 5.24. The highest BCUT2D eigenvalue weighted by atomic mass is 16.3. The highest BCUT2D eigenvalue weighted by molar-refractivity contribution is 5.47. The lowest BCUT2D eigenvalue weighted by Crippen LogP contribution is -2.07. The number of hydrogen-bond acceptors (Lipinski definition) is 3. The van der Waals surface area contributed by atoms with Crippen molar-refractivity contribution in [1.82, 2.24) is 0 Å². The standard InChI is InChI=1S/C8H11NO.C8H10O/c1-9(2)7-3-5-8(10)6-4-7;1-6-4-3-5-7(2)8(6)9/h3-6,10H,1-2H3;3-5,9H,1-2H3. The first-order valence-corrected chi connectivity index (χ1v) is 6.13. The third-order valence-corrected chi connectivity index (χ3v) is 2.81. The minimum atomic E-state index is 0.311. The van der Waals surface area contributed by atoms with E-state index in [2.05, 4.69) is 0 Å². The van der Waals surface area contributed by atoms with Crippen LogP contribution < -0.4 is 4.90 Å². The van der Waals surface area contributed by atoms with Crippen molar-refractivity contribution in [2.75, 3.05) is 19.0 Å². The number of phenolic OH excluding ortho intramolecular Hbond substituents is 2. The van der Waals surface area contributed by atoms with E-state index in [4.69, 9.17) is 5.11 Å². The summed E-state index contributed by atoms with van der Waals surface area (Å²) >= 11 is 0. The van der Waals surface area contributed by atoms with Gasteiger partial charge in [0.2, 0.25) is 0 Å². The maximum Gasteiger partial charge on any atom is 0.121 e. The van der Waals surface area contributed by atoms with Gasteiger partial charge in [-0.25, -0.2) is 0 Å². The van der Waals surface area contributed by atoms with Crippen molar-refractivity contribution in [3.8, 4) is 11.5 Å². The molecule has 3 nitrogen and oxygen atoms in total. The molecule has 2 aromatic rings. The smallest absolute Gasteiger partial charge is 0.121 e. The molecule has 0 saturated heterocycles. The number of para-hydroxylation sites is 1. The number of benzene rings is 2. The highest BCUT2D eigenvalue weighted by Crippen LogP contribution is 2.19. The maximum absolute atomic E-state index is 9.21. The first-order valence-electron chi connectivity index (χ1n) is 6.13. The maximum atomic E-state index is 9.21. The largest absolute Gasteiger partial charge is 0.508 e. The summed E-state index contributed by atoms with van der Waals surface area (Å²) in [6, 6.07) is 12.8. The number of hydrogen-bond donors (Lipinski definition) is 2. The summed E-state index contributed by atoms with van der Waals surface area (Å²) in [4.78, 5) is 1.99. The van der Waals surface area contributed by atoms with Crippen LogP contribution in [-0.2, 0) is 0 Å². The predicted octanol–water partition coefficient (Wildman–Crippen LogP) is 3.47. The summed E-state index contributed by atoms with van der Waals surface area (Å²) in [5.41, 5.74) is 2.97. The van der Waals surface area contributed by atoms with Gasteiger partial charge in [-0.15, -0.1) is 0 Å². The lowest BCUT2D eigenvalue weighted by Gasteiger charge is -2.11. The van der Waals surface area contributed by atoms with Crippen LogP contribution in [0.2, 0.25) is 0 Å². The van der Waals surface area contributed by atoms with Crippen molar-refractivity contribution in [3.63, 3.8) is 0 Å². The average molecular weight is 259 g/mol. The summed E-state index contributed by atoms with van der Waals surface area (Å²) in [7, 11) is 3.93. The number of aromatic hydroxyl groups is 2. The van der Waals surface area contributed by atoms with Crippen LogP contribution in [0.15, 0.2) is 42.5 Å². The molecule has 0 fully saturated rings. The van der Waals surface area contributed by atoms with Gasteiger partial charge in [0.1, 0.15) is 11.5 Å². The van der Waals surface area contributed by atoms with Crippen LogP contribution in [0, 0.1) is 13.8 Å². The molecule has 3 heteroatoms. The van der Waals surface area contributed by atoms with Gasteiger partial charge >= 0.3 is 0 Å². The quantitative estimate of drug-likeness (QED) is 0.824. The van der Waals surface area contributed by atoms with Crippen molar-refractivity contribution in [1.29, 1.82) is 0 Å². The molecule has 0 saturated carbocycles. The normalized spacial score (nSPS) is 9.47. The first-order chi connectivity index (χ1) is 8.91. The molecule has 0 heterocycles. The van der Waals surface area contributed by atoms with Crippen LogP contribution in [0.3, 0.4) is 0 Å². The number of aryl methyl sites for hydroxylation is 2. The van der Waals surface area contributed by atoms with Crippen molar-refractivity contribution in [2.45, 2.75) is 13.8 Å². The topological polar surface area (TPSA) is 43.7 Å². The number of rotatable bonds is 1. The van der Waals surface area contributed by atoms with E-state index in [1.165, 1.54) is 0 Å². The Bertz CT molecular complexity index is 499. The highest BCUT2D eigenvalue weighted by Gasteiger charge is 1.95. The molecule has 0 aliphatic carbocycles. The first kappa shape index (κ1) is 14.9. The van der Waals surface area contributed by atoms with Crippen LogP contribution >= 0.6 is 0 Å². The minimum absolute atomic E-state index is 0.311. The molecule has 0 aliphatic heterocycles. The van der Waals surface area contributed by atoms with E-state index in [1.54, 1.807) is 12.1 Å². The van der Waals surface area contributed by atoms with Gasteiger partial charge in [0.25, 0.3) is 0 Å². The summed E-state index contributed by atoms with van der Waals surface area (Å²) < 4.78 is 0. The fraction of sp³-hybridized carbons (Fsp3) is 0.250. The molecule has 2 rings (SSSR count). The van der Waals surface area contributed by atoms with Gasteiger partial charge in [0.05, 0.1) is 0 Å². The predicted molar refractivity (Wildman–Crippen MR) is 80.0 cm³/mol. The van der Waals surface area contributed by atoms with E-state index in [9.17, 15) is 5.11 Å². The van der Waals surface area contributed by atoms with Crippen LogP contribution in [0.5, 0.6) is 11.5 Å². The molecule has 0 atom stereocenters. The van der Waals surface area contributed by atoms with Crippen LogP contribution in [0.25, 0.3) is 0 Å². The fourth-order valence-electron chi connectivity index (χ4n) is 1.56. The van der Waals surface area contributed by atoms with E-state index in [0.717, 1.165) is 16.8 Å². The Balaban J connectivity index is 0.000000191. The van der Waals surface area contributed by atoms with E-state index < -0.39 is 0 Å². The molecular formula is C16H21NO2. The SMILES string of the molecule is CN(C)c1ccc(O)cc1.Cc1cccc(C)c1O. The van der Waals surface area contributed by atoms with E-state index in [0.29, 0.717) is 11.5 Å². The number of phenols is 2. The molecule has 0 spiro atoms. The second-order valence-electron chi connectivity index (χ2n) is 4.65. The summed E-state index contributed by atoms with van der Waals surface area (Å²) in [6.45, 7) is 3.78. The van der Waals surface area contributed by atoms with Gasteiger partial charge in [-0.2, -0.15) is 0 Å². The van der Waals surface area contributed by atoms with Crippen molar-refractivity contribution < 1.29 is 10.2 Å². The second kappa shape index (κ2) is 6.69. The average Bonchev–Trinajstić information content (AvgIpc) is 2.37. The van der Waals surface area contributed by atoms with Crippen molar-refractivity contribution >= 4 is 5.69 Å². The van der Waals surface area contributed by atoms with Gasteiger partial charge in [-0.3, -0.25) is 0 Å². The number of anilines is 1. The van der Waals surface area contributed by atoms with Crippen LogP contribution in [0.1, 0.15) is 11.1 Å². The molecule has 0 amide bonds. The number of nitrogens with zero attached hydrogens (tertiary/aromatic N) is 1. The van der Waals surface area contributed by atoms with Gasteiger partial charge in [0.15, 0.2) is 0 Å². The zero-order valence-electron chi connectivity index (χ0n) is 11.9. The Labute approximate surface area is 114 Å². The zero-order valence-corrected chi connectivity index (χ0v) is 11.9. The summed E-state index contributed by atoms with van der Waals surface area (Å²) in [5.74, 6) is 0.725. The fourth-order valence-corrected chi connectivity index (χ4v) is 1.56. The molecule has 0 aliphatic rings. The van der Waals surface area contributed by atoms with Gasteiger partial charge < -0.3 is 15.1 Å². The van der Waals surface area contributed by atoms with E-state index in [1.807, 2.05) is 63.2 Å². The molecule has 0 unspecified atom stereocenters. The van der Waals surface area contributed by atoms with E-state index in [-0.39, 0.29) is 0 Å². The molecule has 0 radical (unpaired) electrons. The molecule has 102 valence electrons. The Hall–Kier alpha value is -2.16. The monoisotopic (exact) mass is 259 g/mol. The summed E-state index contributed by atoms with van der Waals surface area (Å²) in [5, 5.41) is 18.1. The molecule has 0 bridgehead atoms. The lowest BCUT2D eigenvalue weighted by molar-refractivity contribution is 0.467. The Morgan fingerprint density at radius 2 is 1.26 bits per heavy atom. The zero-order chi connectivity index (χ0) is 14.4. The lowest BCUT2D eigenvalue weighted by atomic mass is 10.1. The third-order valence-electron chi connectivity index (χ3n) is 2.81. The van der Waals surface area contributed by atoms with Gasteiger partial charge in [0, 0.05) is 19.8 Å². The van der Waals surface area contributed by atoms with Crippen molar-refractivity contribution in [2.24, 2.45) is 0 Å². The summed E-state index contributed by atoms with van der Waals surface area (Å²) in [6.07, 6.45) is 0. The minimum Gasteiger partial charge on any atom is -0.508 e. The van der Waals surface area contributed by atoms with Crippen LogP contribution in [0.4, 0.5) is 5.69 Å². The molecule has 2 N–H and O–H groups in total. The van der Waals surface area contributed by atoms with E-state index >= 15 is 0 Å². The van der Waals surface area contributed by atoms with Crippen molar-refractivity contribution in [3.05, 3.63) is 53.6 Å². The van der Waals surface area contributed by atoms with Gasteiger partial charge in [-0.1, -0.05) is 18.2 Å². The second-order valence-corrected chi connectivity index (χ2v) is 4.65.